The van der Waals surface area contributed by atoms with E-state index < -0.39 is 0 Å². The van der Waals surface area contributed by atoms with Gasteiger partial charge in [0.15, 0.2) is 0 Å². The Balaban J connectivity index is 1.21. The number of aromatic nitrogens is 2. The van der Waals surface area contributed by atoms with Gasteiger partial charge in [-0.15, -0.1) is 0 Å². The van der Waals surface area contributed by atoms with E-state index in [4.69, 9.17) is 21.3 Å². The molecule has 1 fully saturated rings. The number of fused-ring (bicyclic) bond motifs is 1. The molecule has 0 unspecified atom stereocenters. The first-order valence-electron chi connectivity index (χ1n) is 12.8. The summed E-state index contributed by atoms with van der Waals surface area (Å²) in [6.07, 6.45) is 10.1. The van der Waals surface area contributed by atoms with Crippen LogP contribution in [0.4, 0.5) is 0 Å². The number of hydrogen-bond acceptors (Lipinski definition) is 4. The molecule has 0 radical (unpaired) electrons. The molecule has 0 atom stereocenters. The average Bonchev–Trinajstić information content (AvgIpc) is 3.32. The van der Waals surface area contributed by atoms with Crippen molar-refractivity contribution in [2.75, 3.05) is 7.11 Å². The minimum Gasteiger partial charge on any atom is -0.495 e. The molecule has 1 aliphatic rings. The van der Waals surface area contributed by atoms with Crippen molar-refractivity contribution in [1.82, 2.24) is 14.7 Å². The van der Waals surface area contributed by atoms with Crippen molar-refractivity contribution >= 4 is 17.2 Å². The summed E-state index contributed by atoms with van der Waals surface area (Å²) in [5, 5.41) is 14.1. The van der Waals surface area contributed by atoms with Gasteiger partial charge in [-0.1, -0.05) is 41.4 Å². The number of halogens is 1. The fraction of sp³-hybridized carbons (Fsp3) is 0.367. The Morgan fingerprint density at radius 1 is 1.06 bits per heavy atom. The molecule has 2 heterocycles. The van der Waals surface area contributed by atoms with Gasteiger partial charge in [0.25, 0.3) is 0 Å². The quantitative estimate of drug-likeness (QED) is 0.294. The molecular formula is C30H34ClN3O2. The maximum atomic E-state index is 9.87. The first-order valence-corrected chi connectivity index (χ1v) is 13.1. The summed E-state index contributed by atoms with van der Waals surface area (Å²) in [6, 6.07) is 17.4. The van der Waals surface area contributed by atoms with Gasteiger partial charge in [0.2, 0.25) is 0 Å². The first kappa shape index (κ1) is 24.8. The molecule has 0 saturated heterocycles. The van der Waals surface area contributed by atoms with Crippen molar-refractivity contribution in [2.24, 2.45) is 5.92 Å². The molecule has 0 amide bonds. The third-order valence-corrected chi connectivity index (χ3v) is 7.73. The molecule has 6 heteroatoms. The van der Waals surface area contributed by atoms with Crippen LogP contribution in [0.2, 0.25) is 5.02 Å². The van der Waals surface area contributed by atoms with Crippen LogP contribution in [0.3, 0.4) is 0 Å². The second kappa shape index (κ2) is 11.0. The number of nitrogens with one attached hydrogen (secondary N) is 1. The highest BCUT2D eigenvalue weighted by molar-refractivity contribution is 6.32. The monoisotopic (exact) mass is 503 g/mol. The van der Waals surface area contributed by atoms with E-state index in [-0.39, 0.29) is 6.61 Å². The number of methoxy groups -OCH3 is 1. The summed E-state index contributed by atoms with van der Waals surface area (Å²) in [5.74, 6) is 1.26. The van der Waals surface area contributed by atoms with Gasteiger partial charge in [0.1, 0.15) is 11.4 Å². The van der Waals surface area contributed by atoms with Crippen molar-refractivity contribution in [3.05, 3.63) is 88.2 Å². The van der Waals surface area contributed by atoms with Gasteiger partial charge in [-0.25, -0.2) is 4.98 Å². The molecular weight excluding hydrogens is 470 g/mol. The van der Waals surface area contributed by atoms with Crippen LogP contribution < -0.4 is 10.1 Å². The van der Waals surface area contributed by atoms with E-state index in [0.29, 0.717) is 22.7 Å². The zero-order valence-corrected chi connectivity index (χ0v) is 21.8. The molecule has 2 N–H and O–H groups in total. The predicted molar refractivity (Wildman–Crippen MR) is 146 cm³/mol. The standard InChI is InChI=1S/C30H34ClN3O2/c1-20-3-5-22(6-4-20)17-32-25-9-7-21(8-10-25)13-23-11-12-34-18-28(33-30(34)14-23)26-16-27(31)29(36-2)15-24(26)19-35/h3-6,11-12,14-16,18,21,25,32,35H,7-10,13,17,19H2,1-2H3. The van der Waals surface area contributed by atoms with E-state index in [0.717, 1.165) is 35.4 Å². The summed E-state index contributed by atoms with van der Waals surface area (Å²) in [5.41, 5.74) is 7.26. The summed E-state index contributed by atoms with van der Waals surface area (Å²) in [7, 11) is 1.57. The van der Waals surface area contributed by atoms with Gasteiger partial charge < -0.3 is 19.6 Å². The number of benzene rings is 2. The van der Waals surface area contributed by atoms with E-state index >= 15 is 0 Å². The van der Waals surface area contributed by atoms with Crippen LogP contribution in [0.25, 0.3) is 16.9 Å². The lowest BCUT2D eigenvalue weighted by Crippen LogP contribution is -2.33. The largest absolute Gasteiger partial charge is 0.495 e. The minimum absolute atomic E-state index is 0.107. The number of aliphatic hydroxyl groups is 1. The van der Waals surface area contributed by atoms with Crippen molar-refractivity contribution < 1.29 is 9.84 Å². The molecule has 1 aliphatic carbocycles. The molecule has 36 heavy (non-hydrogen) atoms. The van der Waals surface area contributed by atoms with Crippen molar-refractivity contribution in [3.63, 3.8) is 0 Å². The molecule has 5 rings (SSSR count). The normalized spacial score (nSPS) is 18.0. The van der Waals surface area contributed by atoms with Crippen molar-refractivity contribution in [1.29, 1.82) is 0 Å². The summed E-state index contributed by atoms with van der Waals surface area (Å²) in [4.78, 5) is 4.85. The van der Waals surface area contributed by atoms with Gasteiger partial charge in [0.05, 0.1) is 24.4 Å². The number of nitrogens with zero attached hydrogens (tertiary/aromatic N) is 2. The number of ether oxygens (including phenoxy) is 1. The Morgan fingerprint density at radius 3 is 2.56 bits per heavy atom. The third-order valence-electron chi connectivity index (χ3n) is 7.44. The maximum absolute atomic E-state index is 9.87. The van der Waals surface area contributed by atoms with Crippen LogP contribution in [0.15, 0.2) is 60.9 Å². The Morgan fingerprint density at radius 2 is 1.83 bits per heavy atom. The smallest absolute Gasteiger partial charge is 0.137 e. The Bertz CT molecular complexity index is 1320. The van der Waals surface area contributed by atoms with Crippen molar-refractivity contribution in [3.8, 4) is 17.0 Å². The van der Waals surface area contributed by atoms with E-state index in [1.54, 1.807) is 13.2 Å². The Kier molecular flexibility index (Phi) is 7.61. The zero-order chi connectivity index (χ0) is 25.1. The van der Waals surface area contributed by atoms with E-state index in [1.807, 2.05) is 16.7 Å². The van der Waals surface area contributed by atoms with Crippen LogP contribution in [-0.2, 0) is 19.6 Å². The molecule has 188 valence electrons. The van der Waals surface area contributed by atoms with Crippen LogP contribution in [-0.4, -0.2) is 27.6 Å². The summed E-state index contributed by atoms with van der Waals surface area (Å²) >= 11 is 6.36. The van der Waals surface area contributed by atoms with Gasteiger partial charge in [0, 0.05) is 30.5 Å². The maximum Gasteiger partial charge on any atom is 0.137 e. The number of aryl methyl sites for hydroxylation is 1. The number of rotatable bonds is 8. The van der Waals surface area contributed by atoms with Crippen LogP contribution >= 0.6 is 11.6 Å². The van der Waals surface area contributed by atoms with Gasteiger partial charge in [-0.3, -0.25) is 0 Å². The molecule has 0 aliphatic heterocycles. The lowest BCUT2D eigenvalue weighted by atomic mass is 9.82. The molecule has 4 aromatic rings. The fourth-order valence-corrected chi connectivity index (χ4v) is 5.51. The number of imidazole rings is 1. The predicted octanol–water partition coefficient (Wildman–Crippen LogP) is 6.36. The van der Waals surface area contributed by atoms with Crippen LogP contribution in [0.5, 0.6) is 5.75 Å². The van der Waals surface area contributed by atoms with Gasteiger partial charge in [-0.05, 0) is 85.9 Å². The first-order chi connectivity index (χ1) is 17.5. The van der Waals surface area contributed by atoms with Gasteiger partial charge >= 0.3 is 0 Å². The van der Waals surface area contributed by atoms with E-state index in [1.165, 1.54) is 42.4 Å². The molecule has 5 nitrogen and oxygen atoms in total. The van der Waals surface area contributed by atoms with E-state index in [2.05, 4.69) is 54.8 Å². The number of pyridine rings is 1. The molecule has 2 aromatic carbocycles. The highest BCUT2D eigenvalue weighted by Crippen LogP contribution is 2.34. The lowest BCUT2D eigenvalue weighted by Gasteiger charge is -2.29. The summed E-state index contributed by atoms with van der Waals surface area (Å²) in [6.45, 7) is 2.97. The summed E-state index contributed by atoms with van der Waals surface area (Å²) < 4.78 is 7.33. The zero-order valence-electron chi connectivity index (χ0n) is 21.0. The molecule has 2 aromatic heterocycles. The average molecular weight is 504 g/mol. The Labute approximate surface area is 218 Å². The molecule has 0 spiro atoms. The van der Waals surface area contributed by atoms with E-state index in [9.17, 15) is 5.11 Å². The third kappa shape index (κ3) is 5.59. The van der Waals surface area contributed by atoms with Crippen LogP contribution in [0.1, 0.15) is 47.9 Å². The minimum atomic E-state index is -0.107. The topological polar surface area (TPSA) is 58.8 Å². The fourth-order valence-electron chi connectivity index (χ4n) is 5.27. The Hall–Kier alpha value is -2.86. The van der Waals surface area contributed by atoms with Crippen LogP contribution in [0, 0.1) is 12.8 Å². The second-order valence-corrected chi connectivity index (χ2v) is 10.4. The van der Waals surface area contributed by atoms with Crippen molar-refractivity contribution in [2.45, 2.75) is 58.2 Å². The number of aliphatic hydroxyl groups excluding tert-OH is 1. The second-order valence-electron chi connectivity index (χ2n) is 10.0. The number of hydrogen-bond donors (Lipinski definition) is 2. The molecule has 0 bridgehead atoms. The highest BCUT2D eigenvalue weighted by atomic mass is 35.5. The highest BCUT2D eigenvalue weighted by Gasteiger charge is 2.21. The molecule has 1 saturated carbocycles. The SMILES string of the molecule is COc1cc(CO)c(-c2cn3ccc(CC4CCC(NCc5ccc(C)cc5)CC4)cc3n2)cc1Cl. The van der Waals surface area contributed by atoms with Gasteiger partial charge in [-0.2, -0.15) is 0 Å². The lowest BCUT2D eigenvalue weighted by molar-refractivity contribution is 0.281.